The lowest BCUT2D eigenvalue weighted by molar-refractivity contribution is -0.140. The molecule has 120 valence electrons. The Bertz CT molecular complexity index is 289. The van der Waals surface area contributed by atoms with Crippen molar-refractivity contribution in [2.45, 2.75) is 71.6 Å². The van der Waals surface area contributed by atoms with Gasteiger partial charge in [-0.1, -0.05) is 0 Å². The number of hydrogen-bond donors (Lipinski definition) is 1. The minimum absolute atomic E-state index is 0. The van der Waals surface area contributed by atoms with Crippen LogP contribution in [0, 0.1) is 0 Å². The van der Waals surface area contributed by atoms with Crippen molar-refractivity contribution in [2.24, 2.45) is 0 Å². The van der Waals surface area contributed by atoms with Gasteiger partial charge >= 0.3 is 0 Å². The average molecular weight is 306 g/mol. The monoisotopic (exact) mass is 305 g/mol. The number of carbonyl (C=O) groups excluding carboxylic acids is 1. The molecule has 1 heterocycles. The third kappa shape index (κ3) is 4.90. The molecule has 1 saturated heterocycles. The van der Waals surface area contributed by atoms with Crippen LogP contribution in [0.4, 0.5) is 0 Å². The van der Waals surface area contributed by atoms with Crippen LogP contribution in [0.3, 0.4) is 0 Å². The molecular weight excluding hydrogens is 274 g/mol. The van der Waals surface area contributed by atoms with Crippen LogP contribution in [0.25, 0.3) is 0 Å². The number of likely N-dealkylation sites (N-methyl/N-ethyl adjacent to an activating group) is 1. The van der Waals surface area contributed by atoms with Crippen LogP contribution >= 0.6 is 12.4 Å². The lowest BCUT2D eigenvalue weighted by Gasteiger charge is -2.40. The lowest BCUT2D eigenvalue weighted by Crippen LogP contribution is -2.55. The smallest absolute Gasteiger partial charge is 0.240 e. The number of amides is 1. The Hall–Kier alpha value is -0.320. The molecule has 0 aromatic heterocycles. The molecule has 2 atom stereocenters. The van der Waals surface area contributed by atoms with Gasteiger partial charge in [-0.3, -0.25) is 9.69 Å². The molecule has 1 amide bonds. The Labute approximate surface area is 130 Å². The van der Waals surface area contributed by atoms with Crippen molar-refractivity contribution in [3.8, 4) is 0 Å². The van der Waals surface area contributed by atoms with Crippen LogP contribution < -0.4 is 5.32 Å². The fourth-order valence-corrected chi connectivity index (χ4v) is 3.07. The van der Waals surface area contributed by atoms with E-state index in [-0.39, 0.29) is 36.4 Å². The third-order valence-electron chi connectivity index (χ3n) is 4.13. The summed E-state index contributed by atoms with van der Waals surface area (Å²) in [4.78, 5) is 17.0. The van der Waals surface area contributed by atoms with Crippen molar-refractivity contribution in [3.63, 3.8) is 0 Å². The molecule has 0 aromatic rings. The topological polar surface area (TPSA) is 35.6 Å². The summed E-state index contributed by atoms with van der Waals surface area (Å²) in [6.45, 7) is 12.4. The van der Waals surface area contributed by atoms with E-state index in [0.717, 1.165) is 13.1 Å². The molecule has 1 aliphatic rings. The van der Waals surface area contributed by atoms with E-state index in [1.165, 1.54) is 12.8 Å². The van der Waals surface area contributed by atoms with Crippen molar-refractivity contribution < 1.29 is 4.79 Å². The maximum absolute atomic E-state index is 12.7. The molecule has 4 nitrogen and oxygen atoms in total. The Morgan fingerprint density at radius 1 is 1.20 bits per heavy atom. The van der Waals surface area contributed by atoms with Crippen molar-refractivity contribution in [1.29, 1.82) is 0 Å². The number of nitrogens with one attached hydrogen (secondary N) is 1. The number of rotatable bonds is 5. The highest BCUT2D eigenvalue weighted by Crippen LogP contribution is 2.16. The first-order chi connectivity index (χ1) is 8.88. The van der Waals surface area contributed by atoms with Crippen molar-refractivity contribution in [2.75, 3.05) is 20.1 Å². The van der Waals surface area contributed by atoms with Gasteiger partial charge in [-0.15, -0.1) is 12.4 Å². The molecule has 1 aliphatic heterocycles. The highest BCUT2D eigenvalue weighted by molar-refractivity contribution is 5.85. The maximum atomic E-state index is 12.7. The predicted octanol–water partition coefficient (Wildman–Crippen LogP) is 2.13. The van der Waals surface area contributed by atoms with Gasteiger partial charge in [0, 0.05) is 24.7 Å². The number of likely N-dealkylation sites (tertiary alicyclic amines) is 1. The molecular formula is C15H32ClN3O. The SMILES string of the molecule is CNC1CCCN(C(C)C(=O)N(C(C)C)C(C)C)C1.Cl. The molecule has 20 heavy (non-hydrogen) atoms. The van der Waals surface area contributed by atoms with Crippen LogP contribution in [0.2, 0.25) is 0 Å². The number of halogens is 1. The number of hydrogen-bond acceptors (Lipinski definition) is 3. The van der Waals surface area contributed by atoms with E-state index < -0.39 is 0 Å². The number of piperidine rings is 1. The fraction of sp³-hybridized carbons (Fsp3) is 0.933. The first kappa shape index (κ1) is 19.7. The zero-order chi connectivity index (χ0) is 14.6. The first-order valence-electron chi connectivity index (χ1n) is 7.62. The molecule has 0 radical (unpaired) electrons. The van der Waals surface area contributed by atoms with Crippen molar-refractivity contribution in [3.05, 3.63) is 0 Å². The molecule has 0 bridgehead atoms. The van der Waals surface area contributed by atoms with Crippen molar-refractivity contribution >= 4 is 18.3 Å². The highest BCUT2D eigenvalue weighted by atomic mass is 35.5. The normalized spacial score (nSPS) is 21.7. The molecule has 1 rings (SSSR count). The second kappa shape index (κ2) is 8.85. The summed E-state index contributed by atoms with van der Waals surface area (Å²) in [6, 6.07) is 1.04. The van der Waals surface area contributed by atoms with E-state index in [1.807, 2.05) is 11.9 Å². The van der Waals surface area contributed by atoms with Gasteiger partial charge in [0.15, 0.2) is 0 Å². The second-order valence-electron chi connectivity index (χ2n) is 6.23. The van der Waals surface area contributed by atoms with Gasteiger partial charge in [0.2, 0.25) is 5.91 Å². The Morgan fingerprint density at radius 2 is 1.75 bits per heavy atom. The molecule has 1 fully saturated rings. The zero-order valence-corrected chi connectivity index (χ0v) is 14.7. The van der Waals surface area contributed by atoms with Crippen LogP contribution in [-0.2, 0) is 4.79 Å². The Balaban J connectivity index is 0.00000361. The number of nitrogens with zero attached hydrogens (tertiary/aromatic N) is 2. The molecule has 0 aromatic carbocycles. The van der Waals surface area contributed by atoms with E-state index in [1.54, 1.807) is 0 Å². The summed E-state index contributed by atoms with van der Waals surface area (Å²) in [6.07, 6.45) is 2.39. The van der Waals surface area contributed by atoms with Gasteiger partial charge in [0.25, 0.3) is 0 Å². The van der Waals surface area contributed by atoms with Crippen LogP contribution in [0.15, 0.2) is 0 Å². The van der Waals surface area contributed by atoms with Gasteiger partial charge in [-0.05, 0) is 61.1 Å². The van der Waals surface area contributed by atoms with Crippen LogP contribution in [0.5, 0.6) is 0 Å². The summed E-state index contributed by atoms with van der Waals surface area (Å²) in [7, 11) is 2.01. The molecule has 1 N–H and O–H groups in total. The highest BCUT2D eigenvalue weighted by Gasteiger charge is 2.31. The van der Waals surface area contributed by atoms with E-state index in [0.29, 0.717) is 6.04 Å². The Kier molecular flexibility index (Phi) is 8.71. The van der Waals surface area contributed by atoms with Gasteiger partial charge in [-0.2, -0.15) is 0 Å². The van der Waals surface area contributed by atoms with E-state index in [4.69, 9.17) is 0 Å². The van der Waals surface area contributed by atoms with Crippen molar-refractivity contribution in [1.82, 2.24) is 15.1 Å². The maximum Gasteiger partial charge on any atom is 0.240 e. The largest absolute Gasteiger partial charge is 0.336 e. The van der Waals surface area contributed by atoms with Gasteiger partial charge in [0.1, 0.15) is 0 Å². The standard InChI is InChI=1S/C15H31N3O.ClH/c1-11(2)18(12(3)4)15(19)13(5)17-9-7-8-14(10-17)16-6;/h11-14,16H,7-10H2,1-6H3;1H. The Morgan fingerprint density at radius 3 is 2.20 bits per heavy atom. The van der Waals surface area contributed by atoms with Crippen LogP contribution in [-0.4, -0.2) is 60.0 Å². The second-order valence-corrected chi connectivity index (χ2v) is 6.23. The first-order valence-corrected chi connectivity index (χ1v) is 7.62. The minimum Gasteiger partial charge on any atom is -0.336 e. The zero-order valence-electron chi connectivity index (χ0n) is 13.8. The van der Waals surface area contributed by atoms with E-state index in [9.17, 15) is 4.79 Å². The lowest BCUT2D eigenvalue weighted by atomic mass is 10.0. The van der Waals surface area contributed by atoms with Gasteiger partial charge < -0.3 is 10.2 Å². The van der Waals surface area contributed by atoms with E-state index in [2.05, 4.69) is 44.8 Å². The minimum atomic E-state index is -0.0130. The number of carbonyl (C=O) groups is 1. The average Bonchev–Trinajstić information content (AvgIpc) is 2.37. The molecule has 0 aliphatic carbocycles. The molecule has 2 unspecified atom stereocenters. The predicted molar refractivity (Wildman–Crippen MR) is 87.5 cm³/mol. The van der Waals surface area contributed by atoms with Crippen LogP contribution in [0.1, 0.15) is 47.5 Å². The summed E-state index contributed by atoms with van der Waals surface area (Å²) in [5.74, 6) is 0.266. The summed E-state index contributed by atoms with van der Waals surface area (Å²) >= 11 is 0. The molecule has 0 saturated carbocycles. The van der Waals surface area contributed by atoms with Gasteiger partial charge in [-0.25, -0.2) is 0 Å². The molecule has 5 heteroatoms. The molecule has 0 spiro atoms. The third-order valence-corrected chi connectivity index (χ3v) is 4.13. The summed E-state index contributed by atoms with van der Waals surface area (Å²) in [5, 5.41) is 3.34. The summed E-state index contributed by atoms with van der Waals surface area (Å²) < 4.78 is 0. The summed E-state index contributed by atoms with van der Waals surface area (Å²) in [5.41, 5.74) is 0. The fourth-order valence-electron chi connectivity index (χ4n) is 3.07. The van der Waals surface area contributed by atoms with E-state index >= 15 is 0 Å². The van der Waals surface area contributed by atoms with Gasteiger partial charge in [0.05, 0.1) is 6.04 Å². The quantitative estimate of drug-likeness (QED) is 0.845.